The normalized spacial score (nSPS) is 16.9. The zero-order valence-electron chi connectivity index (χ0n) is 3.62. The molecule has 1 aliphatic rings. The number of nitrogens with one attached hydrogen (secondary N) is 2. The van der Waals surface area contributed by atoms with Crippen LogP contribution in [0.4, 0.5) is 4.79 Å². The molecule has 2 N–H and O–H groups in total. The minimum absolute atomic E-state index is 0. The van der Waals surface area contributed by atoms with Gasteiger partial charge in [0, 0.05) is 35.5 Å². The molecule has 7 heavy (non-hydrogen) atoms. The van der Waals surface area contributed by atoms with Gasteiger partial charge in [-0.1, -0.05) is 0 Å². The monoisotopic (exact) mass is 193 g/mol. The predicted octanol–water partition coefficient (Wildman–Crippen LogP) is -0.703. The molecule has 2 amide bonds. The largest absolute Gasteiger partial charge is 0.336 e. The van der Waals surface area contributed by atoms with E-state index < -0.39 is 0 Å². The SMILES string of the molecule is O=C1NCCN1.[Ag]. The van der Waals surface area contributed by atoms with Crippen LogP contribution in [-0.2, 0) is 22.4 Å². The molecule has 0 bridgehead atoms. The maximum Gasteiger partial charge on any atom is 0.314 e. The van der Waals surface area contributed by atoms with Gasteiger partial charge in [0.05, 0.1) is 0 Å². The quantitative estimate of drug-likeness (QED) is 0.491. The Bertz CT molecular complexity index is 67.3. The van der Waals surface area contributed by atoms with Crippen molar-refractivity contribution >= 4 is 6.03 Å². The molecule has 1 heterocycles. The van der Waals surface area contributed by atoms with Gasteiger partial charge in [0.2, 0.25) is 0 Å². The van der Waals surface area contributed by atoms with Crippen molar-refractivity contribution in [1.82, 2.24) is 10.6 Å². The van der Waals surface area contributed by atoms with E-state index >= 15 is 0 Å². The first kappa shape index (κ1) is 7.01. The maximum atomic E-state index is 10.0. The Kier molecular flexibility index (Phi) is 3.07. The number of hydrogen-bond donors (Lipinski definition) is 2. The Hall–Kier alpha value is 0.0103. The molecule has 1 saturated heterocycles. The smallest absolute Gasteiger partial charge is 0.314 e. The summed E-state index contributed by atoms with van der Waals surface area (Å²) in [5.41, 5.74) is 0. The van der Waals surface area contributed by atoms with Gasteiger partial charge in [-0.25, -0.2) is 4.79 Å². The van der Waals surface area contributed by atoms with E-state index in [1.165, 1.54) is 0 Å². The number of rotatable bonds is 0. The Labute approximate surface area is 57.4 Å². The fourth-order valence-corrected chi connectivity index (χ4v) is 0.415. The standard InChI is InChI=1S/C3H6N2O.Ag/c6-3-4-1-2-5-3;/h1-2H2,(H2,4,5,6);. The Morgan fingerprint density at radius 2 is 1.71 bits per heavy atom. The predicted molar refractivity (Wildman–Crippen MR) is 21.4 cm³/mol. The molecule has 1 rings (SSSR count). The van der Waals surface area contributed by atoms with Gasteiger partial charge >= 0.3 is 6.03 Å². The van der Waals surface area contributed by atoms with E-state index in [-0.39, 0.29) is 28.4 Å². The van der Waals surface area contributed by atoms with Crippen molar-refractivity contribution in [2.24, 2.45) is 0 Å². The molecule has 3 nitrogen and oxygen atoms in total. The maximum absolute atomic E-state index is 10.0. The van der Waals surface area contributed by atoms with E-state index in [1.54, 1.807) is 0 Å². The van der Waals surface area contributed by atoms with Crippen molar-refractivity contribution < 1.29 is 27.2 Å². The van der Waals surface area contributed by atoms with E-state index in [4.69, 9.17) is 0 Å². The molecule has 0 spiro atoms. The molecule has 4 heteroatoms. The van der Waals surface area contributed by atoms with Gasteiger partial charge in [0.1, 0.15) is 0 Å². The molecule has 0 aliphatic carbocycles. The van der Waals surface area contributed by atoms with Gasteiger partial charge in [-0.15, -0.1) is 0 Å². The molecule has 0 saturated carbocycles. The van der Waals surface area contributed by atoms with E-state index in [0.717, 1.165) is 13.1 Å². The van der Waals surface area contributed by atoms with Crippen molar-refractivity contribution in [3.8, 4) is 0 Å². The second-order valence-electron chi connectivity index (χ2n) is 1.18. The first-order chi connectivity index (χ1) is 2.89. The first-order valence-electron chi connectivity index (χ1n) is 1.91. The van der Waals surface area contributed by atoms with Crippen molar-refractivity contribution in [3.63, 3.8) is 0 Å². The number of urea groups is 1. The third-order valence-electron chi connectivity index (χ3n) is 0.696. The Morgan fingerprint density at radius 1 is 1.29 bits per heavy atom. The number of carbonyl (C=O) groups excluding carboxylic acids is 1. The van der Waals surface area contributed by atoms with Crippen molar-refractivity contribution in [2.75, 3.05) is 13.1 Å². The molecule has 0 unspecified atom stereocenters. The van der Waals surface area contributed by atoms with Gasteiger partial charge in [0.25, 0.3) is 0 Å². The molecule has 1 radical (unpaired) electrons. The summed E-state index contributed by atoms with van der Waals surface area (Å²) >= 11 is 0. The number of carbonyl (C=O) groups is 1. The minimum atomic E-state index is -0.0463. The van der Waals surface area contributed by atoms with E-state index in [1.807, 2.05) is 0 Å². The van der Waals surface area contributed by atoms with E-state index in [9.17, 15) is 4.79 Å². The molecule has 0 atom stereocenters. The average Bonchev–Trinajstić information content (AvgIpc) is 1.86. The van der Waals surface area contributed by atoms with Crippen LogP contribution in [0.3, 0.4) is 0 Å². The number of amides is 2. The van der Waals surface area contributed by atoms with Gasteiger partial charge < -0.3 is 10.6 Å². The third-order valence-corrected chi connectivity index (χ3v) is 0.696. The summed E-state index contributed by atoms with van der Waals surface area (Å²) < 4.78 is 0. The van der Waals surface area contributed by atoms with Crippen molar-refractivity contribution in [1.29, 1.82) is 0 Å². The first-order valence-corrected chi connectivity index (χ1v) is 1.91. The van der Waals surface area contributed by atoms with Crippen LogP contribution in [0, 0.1) is 0 Å². The Morgan fingerprint density at radius 3 is 1.86 bits per heavy atom. The summed E-state index contributed by atoms with van der Waals surface area (Å²) in [6.07, 6.45) is 0. The molecular formula is C3H6AgN2O. The zero-order valence-corrected chi connectivity index (χ0v) is 5.11. The van der Waals surface area contributed by atoms with E-state index in [0.29, 0.717) is 0 Å². The van der Waals surface area contributed by atoms with Crippen LogP contribution in [0.25, 0.3) is 0 Å². The van der Waals surface area contributed by atoms with Gasteiger partial charge in [-0.05, 0) is 0 Å². The molecule has 0 aromatic carbocycles. The summed E-state index contributed by atoms with van der Waals surface area (Å²) in [6, 6.07) is -0.0463. The number of hydrogen-bond acceptors (Lipinski definition) is 1. The Balaban J connectivity index is 0.000000360. The fraction of sp³-hybridized carbons (Fsp3) is 0.667. The van der Waals surface area contributed by atoms with Crippen molar-refractivity contribution in [2.45, 2.75) is 0 Å². The van der Waals surface area contributed by atoms with Crippen LogP contribution in [0.2, 0.25) is 0 Å². The zero-order chi connectivity index (χ0) is 4.41. The second-order valence-corrected chi connectivity index (χ2v) is 1.18. The summed E-state index contributed by atoms with van der Waals surface area (Å²) in [4.78, 5) is 10.0. The molecular weight excluding hydrogens is 188 g/mol. The van der Waals surface area contributed by atoms with Crippen LogP contribution < -0.4 is 10.6 Å². The molecule has 0 aromatic heterocycles. The molecule has 45 valence electrons. The minimum Gasteiger partial charge on any atom is -0.336 e. The molecule has 1 aliphatic heterocycles. The summed E-state index contributed by atoms with van der Waals surface area (Å²) in [5, 5.41) is 5.14. The molecule has 0 aromatic rings. The fourth-order valence-electron chi connectivity index (χ4n) is 0.415. The van der Waals surface area contributed by atoms with Crippen LogP contribution >= 0.6 is 0 Å². The van der Waals surface area contributed by atoms with Gasteiger partial charge in [0.15, 0.2) is 0 Å². The van der Waals surface area contributed by atoms with Crippen LogP contribution in [0.1, 0.15) is 0 Å². The van der Waals surface area contributed by atoms with Crippen LogP contribution in [-0.4, -0.2) is 19.1 Å². The van der Waals surface area contributed by atoms with Crippen LogP contribution in [0.5, 0.6) is 0 Å². The van der Waals surface area contributed by atoms with Crippen molar-refractivity contribution in [3.05, 3.63) is 0 Å². The topological polar surface area (TPSA) is 41.1 Å². The van der Waals surface area contributed by atoms with E-state index in [2.05, 4.69) is 10.6 Å². The van der Waals surface area contributed by atoms with Gasteiger partial charge in [-0.3, -0.25) is 0 Å². The summed E-state index contributed by atoms with van der Waals surface area (Å²) in [7, 11) is 0. The average molecular weight is 194 g/mol. The van der Waals surface area contributed by atoms with Crippen LogP contribution in [0.15, 0.2) is 0 Å². The summed E-state index contributed by atoms with van der Waals surface area (Å²) in [6.45, 7) is 1.55. The summed E-state index contributed by atoms with van der Waals surface area (Å²) in [5.74, 6) is 0. The second kappa shape index (κ2) is 3.07. The molecule has 1 fully saturated rings. The third kappa shape index (κ3) is 1.97. The van der Waals surface area contributed by atoms with Gasteiger partial charge in [-0.2, -0.15) is 0 Å².